The van der Waals surface area contributed by atoms with Gasteiger partial charge in [0.05, 0.1) is 11.6 Å². The van der Waals surface area contributed by atoms with Crippen molar-refractivity contribution < 1.29 is 14.3 Å². The van der Waals surface area contributed by atoms with Crippen LogP contribution in [-0.2, 0) is 4.79 Å². The number of halogens is 1. The minimum atomic E-state index is -0.907. The Morgan fingerprint density at radius 2 is 1.96 bits per heavy atom. The number of anilines is 1. The van der Waals surface area contributed by atoms with Crippen molar-refractivity contribution in [3.63, 3.8) is 0 Å². The molecule has 0 spiro atoms. The number of fused-ring (bicyclic) bond motifs is 1. The lowest BCUT2D eigenvalue weighted by Gasteiger charge is -2.39. The predicted octanol–water partition coefficient (Wildman–Crippen LogP) is 2.71. The molecular weight excluding hydrogens is 328 g/mol. The van der Waals surface area contributed by atoms with Crippen LogP contribution >= 0.6 is 11.6 Å². The number of carbonyl (C=O) groups excluding carboxylic acids is 2. The van der Waals surface area contributed by atoms with E-state index in [1.54, 1.807) is 36.9 Å². The smallest absolute Gasteiger partial charge is 0.270 e. The molecule has 0 saturated carbocycles. The van der Waals surface area contributed by atoms with Crippen molar-refractivity contribution >= 4 is 29.0 Å². The van der Waals surface area contributed by atoms with Gasteiger partial charge >= 0.3 is 0 Å². The highest BCUT2D eigenvalue weighted by atomic mass is 35.5. The topological polar surface area (TPSA) is 49.9 Å². The third kappa shape index (κ3) is 3.28. The third-order valence-electron chi connectivity index (χ3n) is 4.66. The number of rotatable bonds is 5. The maximum Gasteiger partial charge on any atom is 0.270 e. The number of benzene rings is 1. The summed E-state index contributed by atoms with van der Waals surface area (Å²) in [7, 11) is 0. The van der Waals surface area contributed by atoms with E-state index in [2.05, 4.69) is 4.90 Å². The number of ketones is 1. The Labute approximate surface area is 147 Å². The lowest BCUT2D eigenvalue weighted by molar-refractivity contribution is -0.132. The molecule has 0 aliphatic carbocycles. The maximum atomic E-state index is 12.8. The zero-order valence-corrected chi connectivity index (χ0v) is 14.9. The normalized spacial score (nSPS) is 20.0. The van der Waals surface area contributed by atoms with Gasteiger partial charge in [-0.3, -0.25) is 9.59 Å². The fraction of sp³-hybridized carbons (Fsp3) is 0.556. The fourth-order valence-electron chi connectivity index (χ4n) is 3.29. The number of Topliss-reactive ketones (excluding diaryl/α,β-unsaturated/α-hetero) is 1. The van der Waals surface area contributed by atoms with Crippen LogP contribution in [0.1, 0.15) is 37.0 Å². The molecule has 1 fully saturated rings. The van der Waals surface area contributed by atoms with E-state index in [9.17, 15) is 9.59 Å². The molecule has 0 radical (unpaired) electrons. The summed E-state index contributed by atoms with van der Waals surface area (Å²) in [5, 5.41) is 0. The summed E-state index contributed by atoms with van der Waals surface area (Å²) in [6, 6.07) is 5.18. The minimum Gasteiger partial charge on any atom is -0.476 e. The van der Waals surface area contributed by atoms with Crippen molar-refractivity contribution in [2.24, 2.45) is 0 Å². The molecule has 2 heterocycles. The van der Waals surface area contributed by atoms with Gasteiger partial charge in [0.25, 0.3) is 5.91 Å². The highest BCUT2D eigenvalue weighted by Crippen LogP contribution is 2.38. The first-order valence-electron chi connectivity index (χ1n) is 8.39. The molecule has 0 aromatic heterocycles. The number of hydrogen-bond acceptors (Lipinski definition) is 4. The molecule has 1 amide bonds. The van der Waals surface area contributed by atoms with Gasteiger partial charge in [0, 0.05) is 18.7 Å². The molecule has 1 aromatic carbocycles. The van der Waals surface area contributed by atoms with E-state index < -0.39 is 5.60 Å². The van der Waals surface area contributed by atoms with E-state index in [0.29, 0.717) is 23.5 Å². The predicted molar refractivity (Wildman–Crippen MR) is 94.2 cm³/mol. The van der Waals surface area contributed by atoms with Gasteiger partial charge in [0.15, 0.2) is 11.4 Å². The SMILES string of the molecule is CC1(C)Oc2ccc(C(=O)CCl)cc2N(CCN2CCCC2)C1=O. The van der Waals surface area contributed by atoms with Crippen LogP contribution in [0.3, 0.4) is 0 Å². The summed E-state index contributed by atoms with van der Waals surface area (Å²) in [5.41, 5.74) is 0.260. The molecule has 2 aliphatic heterocycles. The van der Waals surface area contributed by atoms with Crippen LogP contribution in [0.5, 0.6) is 5.75 Å². The van der Waals surface area contributed by atoms with Gasteiger partial charge < -0.3 is 14.5 Å². The monoisotopic (exact) mass is 350 g/mol. The lowest BCUT2D eigenvalue weighted by atomic mass is 10.0. The molecule has 2 aliphatic rings. The first-order chi connectivity index (χ1) is 11.4. The van der Waals surface area contributed by atoms with Crippen LogP contribution in [-0.4, -0.2) is 54.3 Å². The largest absolute Gasteiger partial charge is 0.476 e. The van der Waals surface area contributed by atoms with Crippen LogP contribution in [0.15, 0.2) is 18.2 Å². The molecule has 0 atom stereocenters. The number of carbonyl (C=O) groups is 2. The molecule has 1 saturated heterocycles. The van der Waals surface area contributed by atoms with Crippen LogP contribution in [0.4, 0.5) is 5.69 Å². The second-order valence-electron chi connectivity index (χ2n) is 6.86. The van der Waals surface area contributed by atoms with Gasteiger partial charge in [0.2, 0.25) is 0 Å². The summed E-state index contributed by atoms with van der Waals surface area (Å²) in [6.07, 6.45) is 2.43. The van der Waals surface area contributed by atoms with Crippen LogP contribution in [0, 0.1) is 0 Å². The number of hydrogen-bond donors (Lipinski definition) is 0. The Bertz CT molecular complexity index is 654. The molecule has 24 heavy (non-hydrogen) atoms. The Balaban J connectivity index is 1.90. The average molecular weight is 351 g/mol. The average Bonchev–Trinajstić information content (AvgIpc) is 3.07. The van der Waals surface area contributed by atoms with E-state index in [4.69, 9.17) is 16.3 Å². The van der Waals surface area contributed by atoms with Gasteiger partial charge in [-0.1, -0.05) is 0 Å². The second-order valence-corrected chi connectivity index (χ2v) is 7.12. The van der Waals surface area contributed by atoms with Crippen molar-refractivity contribution in [1.29, 1.82) is 0 Å². The number of nitrogens with zero attached hydrogens (tertiary/aromatic N) is 2. The molecule has 0 unspecified atom stereocenters. The highest BCUT2D eigenvalue weighted by Gasteiger charge is 2.41. The Morgan fingerprint density at radius 1 is 1.25 bits per heavy atom. The van der Waals surface area contributed by atoms with Crippen LogP contribution in [0.2, 0.25) is 0 Å². The summed E-state index contributed by atoms with van der Waals surface area (Å²) in [4.78, 5) is 28.9. The van der Waals surface area contributed by atoms with Crippen molar-refractivity contribution in [1.82, 2.24) is 4.90 Å². The Morgan fingerprint density at radius 3 is 2.62 bits per heavy atom. The summed E-state index contributed by atoms with van der Waals surface area (Å²) in [6.45, 7) is 7.14. The summed E-state index contributed by atoms with van der Waals surface area (Å²) >= 11 is 5.66. The van der Waals surface area contributed by atoms with Gasteiger partial charge in [-0.2, -0.15) is 0 Å². The van der Waals surface area contributed by atoms with Crippen molar-refractivity contribution in [3.05, 3.63) is 23.8 Å². The molecule has 6 heteroatoms. The molecular formula is C18H23ClN2O3. The van der Waals surface area contributed by atoms with Gasteiger partial charge in [-0.05, 0) is 58.0 Å². The third-order valence-corrected chi connectivity index (χ3v) is 4.90. The van der Waals surface area contributed by atoms with Gasteiger partial charge in [-0.15, -0.1) is 11.6 Å². The van der Waals surface area contributed by atoms with E-state index in [1.165, 1.54) is 12.8 Å². The highest BCUT2D eigenvalue weighted by molar-refractivity contribution is 6.30. The molecule has 1 aromatic rings. The van der Waals surface area contributed by atoms with Crippen molar-refractivity contribution in [2.75, 3.05) is 37.0 Å². The number of likely N-dealkylation sites (tertiary alicyclic amines) is 1. The van der Waals surface area contributed by atoms with E-state index in [1.807, 2.05) is 0 Å². The number of ether oxygens (including phenoxy) is 1. The Hall–Kier alpha value is -1.59. The Kier molecular flexibility index (Phi) is 4.83. The molecule has 3 rings (SSSR count). The van der Waals surface area contributed by atoms with Gasteiger partial charge in [0.1, 0.15) is 5.75 Å². The van der Waals surface area contributed by atoms with Gasteiger partial charge in [-0.25, -0.2) is 0 Å². The molecule has 5 nitrogen and oxygen atoms in total. The van der Waals surface area contributed by atoms with E-state index in [0.717, 1.165) is 19.6 Å². The summed E-state index contributed by atoms with van der Waals surface area (Å²) < 4.78 is 5.85. The van der Waals surface area contributed by atoms with Crippen molar-refractivity contribution in [3.8, 4) is 5.75 Å². The second kappa shape index (κ2) is 6.73. The molecule has 130 valence electrons. The van der Waals surface area contributed by atoms with Crippen molar-refractivity contribution in [2.45, 2.75) is 32.3 Å². The number of alkyl halides is 1. The van der Waals surface area contributed by atoms with E-state index in [-0.39, 0.29) is 17.6 Å². The first-order valence-corrected chi connectivity index (χ1v) is 8.92. The summed E-state index contributed by atoms with van der Waals surface area (Å²) in [5.74, 6) is 0.320. The zero-order chi connectivity index (χ0) is 17.3. The van der Waals surface area contributed by atoms with Crippen LogP contribution < -0.4 is 9.64 Å². The first kappa shape index (κ1) is 17.2. The zero-order valence-electron chi connectivity index (χ0n) is 14.2. The van der Waals surface area contributed by atoms with Crippen LogP contribution in [0.25, 0.3) is 0 Å². The quantitative estimate of drug-likeness (QED) is 0.605. The minimum absolute atomic E-state index is 0.0765. The van der Waals surface area contributed by atoms with E-state index >= 15 is 0 Å². The molecule has 0 N–H and O–H groups in total. The lowest BCUT2D eigenvalue weighted by Crippen LogP contribution is -2.54. The standard InChI is InChI=1S/C18H23ClN2O3/c1-18(2)17(23)21(10-9-20-7-3-4-8-20)14-11-13(15(22)12-19)5-6-16(14)24-18/h5-6,11H,3-4,7-10,12H2,1-2H3. The fourth-order valence-corrected chi connectivity index (χ4v) is 3.44. The number of amides is 1. The molecule has 0 bridgehead atoms. The maximum absolute atomic E-state index is 12.8.